The fraction of sp³-hybridized carbons (Fsp3) is 0.0833. The number of rotatable bonds is 6. The first-order valence-corrected chi connectivity index (χ1v) is 10.7. The molecule has 0 unspecified atom stereocenters. The van der Waals surface area contributed by atoms with Crippen molar-refractivity contribution in [3.8, 4) is 0 Å². The Balaban J connectivity index is 1.55. The van der Waals surface area contributed by atoms with Crippen molar-refractivity contribution >= 4 is 52.4 Å². The van der Waals surface area contributed by atoms with Gasteiger partial charge in [-0.3, -0.25) is 29.9 Å². The van der Waals surface area contributed by atoms with Crippen molar-refractivity contribution in [2.75, 3.05) is 5.32 Å². The van der Waals surface area contributed by atoms with Crippen LogP contribution in [0, 0.1) is 10.7 Å². The molecule has 9 nitrogen and oxygen atoms in total. The maximum Gasteiger partial charge on any atom is 0.339 e. The number of carbonyl (C=O) groups excluding carboxylic acids is 4. The molecule has 1 aromatic heterocycles. The molecule has 1 amide bonds. The average molecular weight is 472 g/mol. The van der Waals surface area contributed by atoms with E-state index in [0.717, 1.165) is 10.8 Å². The van der Waals surface area contributed by atoms with Gasteiger partial charge in [0.25, 0.3) is 5.91 Å². The summed E-state index contributed by atoms with van der Waals surface area (Å²) in [5.41, 5.74) is 0.824. The number of nitrogens with zero attached hydrogens (tertiary/aromatic N) is 1. The molecule has 0 bridgehead atoms. The summed E-state index contributed by atoms with van der Waals surface area (Å²) in [4.78, 5) is 56.0. The van der Waals surface area contributed by atoms with Gasteiger partial charge in [0.2, 0.25) is 16.5 Å². The van der Waals surface area contributed by atoms with Gasteiger partial charge in [-0.25, -0.2) is 4.79 Å². The summed E-state index contributed by atoms with van der Waals surface area (Å²) >= 11 is 4.85. The van der Waals surface area contributed by atoms with Gasteiger partial charge < -0.3 is 4.74 Å². The van der Waals surface area contributed by atoms with Gasteiger partial charge in [0.05, 0.1) is 5.56 Å². The number of amides is 1. The maximum atomic E-state index is 13.7. The van der Waals surface area contributed by atoms with E-state index >= 15 is 0 Å². The molecule has 10 heteroatoms. The highest BCUT2D eigenvalue weighted by atomic mass is 32.1. The van der Waals surface area contributed by atoms with E-state index in [0.29, 0.717) is 5.56 Å². The Morgan fingerprint density at radius 3 is 2.47 bits per heavy atom. The number of Topliss-reactive ketones (excluding diaryl/α,β-unsaturated/α-hetero) is 2. The number of ether oxygens (including phenoxy) is 1. The normalized spacial score (nSPS) is 15.4. The third-order valence-electron chi connectivity index (χ3n) is 5.58. The lowest BCUT2D eigenvalue weighted by molar-refractivity contribution is -0.138. The van der Waals surface area contributed by atoms with Crippen molar-refractivity contribution in [1.29, 1.82) is 0 Å². The zero-order valence-electron chi connectivity index (χ0n) is 17.4. The first-order chi connectivity index (χ1) is 16.4. The number of ketones is 2. The third-order valence-corrected chi connectivity index (χ3v) is 5.77. The predicted molar refractivity (Wildman–Crippen MR) is 124 cm³/mol. The minimum absolute atomic E-state index is 0.0742. The van der Waals surface area contributed by atoms with Gasteiger partial charge in [0, 0.05) is 11.1 Å². The first kappa shape index (κ1) is 21.4. The highest BCUT2D eigenvalue weighted by molar-refractivity contribution is 7.71. The van der Waals surface area contributed by atoms with Crippen LogP contribution in [0.5, 0.6) is 0 Å². The Morgan fingerprint density at radius 1 is 0.971 bits per heavy atom. The number of hydrogen-bond acceptors (Lipinski definition) is 7. The number of aromatic amines is 2. The summed E-state index contributed by atoms with van der Waals surface area (Å²) in [6, 6.07) is 18.9. The molecular formula is C24H16N4O5S. The lowest BCUT2D eigenvalue weighted by Crippen LogP contribution is -2.38. The minimum Gasteiger partial charge on any atom is -0.453 e. The van der Waals surface area contributed by atoms with Crippen LogP contribution in [-0.4, -0.2) is 38.6 Å². The molecule has 0 saturated carbocycles. The van der Waals surface area contributed by atoms with Crippen LogP contribution < -0.4 is 5.32 Å². The molecule has 0 radical (unpaired) electrons. The number of H-pyrrole nitrogens is 2. The third kappa shape index (κ3) is 3.80. The molecule has 5 rings (SSSR count). The number of fused-ring (bicyclic) bond motifs is 2. The second-order valence-corrected chi connectivity index (χ2v) is 8.04. The largest absolute Gasteiger partial charge is 0.453 e. The van der Waals surface area contributed by atoms with E-state index in [1.165, 1.54) is 0 Å². The second-order valence-electron chi connectivity index (χ2n) is 7.65. The topological polar surface area (TPSA) is 134 Å². The van der Waals surface area contributed by atoms with Crippen LogP contribution in [0.3, 0.4) is 0 Å². The number of cyclic esters (lactones) is 1. The first-order valence-electron chi connectivity index (χ1n) is 10.2. The van der Waals surface area contributed by atoms with Crippen molar-refractivity contribution in [3.05, 3.63) is 88.2 Å². The number of esters is 1. The fourth-order valence-corrected chi connectivity index (χ4v) is 4.12. The maximum absolute atomic E-state index is 13.7. The minimum atomic E-state index is -1.60. The molecule has 0 saturated heterocycles. The molecule has 3 aromatic carbocycles. The van der Waals surface area contributed by atoms with E-state index in [1.54, 1.807) is 42.5 Å². The molecule has 1 aliphatic heterocycles. The van der Waals surface area contributed by atoms with Gasteiger partial charge in [-0.05, 0) is 35.1 Å². The van der Waals surface area contributed by atoms with Gasteiger partial charge in [-0.2, -0.15) is 4.98 Å². The summed E-state index contributed by atoms with van der Waals surface area (Å²) in [5.74, 6) is -5.16. The monoisotopic (exact) mass is 472 g/mol. The number of carbonyl (C=O) groups is 4. The van der Waals surface area contributed by atoms with E-state index in [9.17, 15) is 19.2 Å². The predicted octanol–water partition coefficient (Wildman–Crippen LogP) is 3.54. The lowest BCUT2D eigenvalue weighted by atomic mass is 9.84. The van der Waals surface area contributed by atoms with E-state index in [-0.39, 0.29) is 21.8 Å². The molecule has 0 spiro atoms. The summed E-state index contributed by atoms with van der Waals surface area (Å²) in [6.45, 7) is 0. The highest BCUT2D eigenvalue weighted by Crippen LogP contribution is 2.38. The van der Waals surface area contributed by atoms with Crippen LogP contribution in [-0.2, 0) is 14.3 Å². The summed E-state index contributed by atoms with van der Waals surface area (Å²) in [7, 11) is 0. The summed E-state index contributed by atoms with van der Waals surface area (Å²) in [6.07, 6.45) is -1.25. The van der Waals surface area contributed by atoms with E-state index in [4.69, 9.17) is 17.0 Å². The van der Waals surface area contributed by atoms with Crippen molar-refractivity contribution < 1.29 is 23.9 Å². The lowest BCUT2D eigenvalue weighted by Gasteiger charge is -2.21. The molecule has 2 heterocycles. The van der Waals surface area contributed by atoms with Crippen LogP contribution in [0.25, 0.3) is 10.8 Å². The van der Waals surface area contributed by atoms with Crippen LogP contribution >= 0.6 is 12.2 Å². The van der Waals surface area contributed by atoms with E-state index in [1.807, 2.05) is 24.3 Å². The van der Waals surface area contributed by atoms with Crippen LogP contribution in [0.4, 0.5) is 5.95 Å². The highest BCUT2D eigenvalue weighted by Gasteiger charge is 2.46. The van der Waals surface area contributed by atoms with E-state index < -0.39 is 35.5 Å². The van der Waals surface area contributed by atoms with Gasteiger partial charge in [-0.1, -0.05) is 54.6 Å². The number of aromatic nitrogens is 3. The van der Waals surface area contributed by atoms with Crippen molar-refractivity contribution in [2.24, 2.45) is 5.92 Å². The standard InChI is InChI=1S/C24H16N4O5S/c29-18(14-10-9-12-5-1-2-6-13(12)11-14)17(19(30)21(31)25-23-26-24(34)28-27-23)20-15-7-3-4-8-16(15)22(32)33-20/h1-11,17,20H,(H3,25,26,27,28,31,34)/t17-,20-/m0/s1. The van der Waals surface area contributed by atoms with E-state index in [2.05, 4.69) is 20.5 Å². The quantitative estimate of drug-likeness (QED) is 0.128. The number of benzene rings is 3. The SMILES string of the molecule is O=C(Nc1nc(=S)[nH][nH]1)C(=O)[C@H](C(=O)c1ccc2ccccc2c1)[C@H]1OC(=O)c2ccccc21. The Kier molecular flexibility index (Phi) is 5.34. The Labute approximate surface area is 197 Å². The molecule has 1 aliphatic rings. The van der Waals surface area contributed by atoms with Gasteiger partial charge in [0.15, 0.2) is 5.78 Å². The molecular weight excluding hydrogens is 456 g/mol. The van der Waals surface area contributed by atoms with Crippen LogP contribution in [0.15, 0.2) is 66.7 Å². The Bertz CT molecular complexity index is 1540. The van der Waals surface area contributed by atoms with Crippen molar-refractivity contribution in [3.63, 3.8) is 0 Å². The van der Waals surface area contributed by atoms with Crippen LogP contribution in [0.1, 0.15) is 32.4 Å². The Morgan fingerprint density at radius 2 is 1.71 bits per heavy atom. The molecule has 0 fully saturated rings. The van der Waals surface area contributed by atoms with Gasteiger partial charge in [0.1, 0.15) is 12.0 Å². The molecule has 4 aromatic rings. The van der Waals surface area contributed by atoms with Crippen molar-refractivity contribution in [1.82, 2.24) is 15.2 Å². The van der Waals surface area contributed by atoms with Gasteiger partial charge in [-0.15, -0.1) is 0 Å². The van der Waals surface area contributed by atoms with Gasteiger partial charge >= 0.3 is 5.97 Å². The Hall–Kier alpha value is -4.44. The fourth-order valence-electron chi connectivity index (χ4n) is 3.98. The zero-order valence-corrected chi connectivity index (χ0v) is 18.2. The molecule has 168 valence electrons. The molecule has 3 N–H and O–H groups in total. The number of nitrogens with one attached hydrogen (secondary N) is 3. The number of anilines is 1. The zero-order chi connectivity index (χ0) is 23.8. The second kappa shape index (κ2) is 8.49. The number of hydrogen-bond donors (Lipinski definition) is 3. The molecule has 34 heavy (non-hydrogen) atoms. The smallest absolute Gasteiger partial charge is 0.339 e. The molecule has 2 atom stereocenters. The molecule has 0 aliphatic carbocycles. The van der Waals surface area contributed by atoms with Crippen LogP contribution in [0.2, 0.25) is 0 Å². The average Bonchev–Trinajstić information content (AvgIpc) is 3.41. The van der Waals surface area contributed by atoms with Crippen molar-refractivity contribution in [2.45, 2.75) is 6.10 Å². The summed E-state index contributed by atoms with van der Waals surface area (Å²) < 4.78 is 5.52. The summed E-state index contributed by atoms with van der Waals surface area (Å²) in [5, 5.41) is 9.00.